The van der Waals surface area contributed by atoms with Crippen molar-refractivity contribution in [2.45, 2.75) is 45.2 Å². The second kappa shape index (κ2) is 6.02. The van der Waals surface area contributed by atoms with Crippen LogP contribution in [-0.4, -0.2) is 11.5 Å². The summed E-state index contributed by atoms with van der Waals surface area (Å²) < 4.78 is 38.0. The Kier molecular flexibility index (Phi) is 4.74. The molecule has 0 spiro atoms. The number of hydrogen-bond acceptors (Lipinski definition) is 3. The van der Waals surface area contributed by atoms with E-state index >= 15 is 0 Å². The molecule has 2 N–H and O–H groups in total. The van der Waals surface area contributed by atoms with Gasteiger partial charge >= 0.3 is 6.18 Å². The third kappa shape index (κ3) is 3.34. The summed E-state index contributed by atoms with van der Waals surface area (Å²) in [5, 5.41) is -0.741. The predicted molar refractivity (Wildman–Crippen MR) is 74.6 cm³/mol. The maximum atomic E-state index is 12.7. The standard InChI is InChI=1S/C14H21F3N2S/c1-8(2)9-3-4-10(6-18)11(5-9)12-7-19-13(20-12)14(15,16)17/h7-11H,3-6,18H2,1-2H3. The lowest BCUT2D eigenvalue weighted by Crippen LogP contribution is -2.30. The van der Waals surface area contributed by atoms with Crippen molar-refractivity contribution in [3.8, 4) is 0 Å². The maximum Gasteiger partial charge on any atom is 0.443 e. The van der Waals surface area contributed by atoms with Gasteiger partial charge in [-0.3, -0.25) is 0 Å². The Morgan fingerprint density at radius 2 is 2.10 bits per heavy atom. The fourth-order valence-electron chi connectivity index (χ4n) is 3.09. The first-order valence-electron chi connectivity index (χ1n) is 7.06. The average Bonchev–Trinajstić information content (AvgIpc) is 2.87. The molecule has 1 aromatic heterocycles. The van der Waals surface area contributed by atoms with Gasteiger partial charge in [-0.05, 0) is 49.5 Å². The van der Waals surface area contributed by atoms with E-state index in [0.717, 1.165) is 35.5 Å². The summed E-state index contributed by atoms with van der Waals surface area (Å²) in [5.74, 6) is 1.55. The van der Waals surface area contributed by atoms with Gasteiger partial charge in [0.05, 0.1) is 0 Å². The zero-order valence-corrected chi connectivity index (χ0v) is 12.6. The summed E-state index contributed by atoms with van der Waals surface area (Å²) in [6.45, 7) is 4.89. The van der Waals surface area contributed by atoms with Crippen LogP contribution in [0, 0.1) is 17.8 Å². The highest BCUT2D eigenvalue weighted by Crippen LogP contribution is 2.45. The average molecular weight is 306 g/mol. The first-order valence-corrected chi connectivity index (χ1v) is 7.87. The van der Waals surface area contributed by atoms with Gasteiger partial charge in [-0.1, -0.05) is 13.8 Å². The molecule has 2 rings (SSSR count). The van der Waals surface area contributed by atoms with Crippen molar-refractivity contribution in [2.75, 3.05) is 6.54 Å². The number of halogens is 3. The van der Waals surface area contributed by atoms with Gasteiger partial charge in [0.25, 0.3) is 0 Å². The fraction of sp³-hybridized carbons (Fsp3) is 0.786. The number of aromatic nitrogens is 1. The first-order chi connectivity index (χ1) is 9.32. The van der Waals surface area contributed by atoms with Crippen molar-refractivity contribution >= 4 is 11.3 Å². The largest absolute Gasteiger partial charge is 0.443 e. The van der Waals surface area contributed by atoms with Crippen molar-refractivity contribution in [3.05, 3.63) is 16.1 Å². The molecule has 0 saturated heterocycles. The summed E-state index contributed by atoms with van der Waals surface area (Å²) in [6, 6.07) is 0. The van der Waals surface area contributed by atoms with Crippen LogP contribution in [0.3, 0.4) is 0 Å². The van der Waals surface area contributed by atoms with Gasteiger partial charge < -0.3 is 5.73 Å². The van der Waals surface area contributed by atoms with E-state index in [2.05, 4.69) is 18.8 Å². The number of thiazole rings is 1. The number of nitrogens with two attached hydrogens (primary N) is 1. The van der Waals surface area contributed by atoms with E-state index < -0.39 is 11.2 Å². The Hall–Kier alpha value is -0.620. The molecule has 0 aliphatic heterocycles. The monoisotopic (exact) mass is 306 g/mol. The molecular formula is C14H21F3N2S. The van der Waals surface area contributed by atoms with Crippen molar-refractivity contribution < 1.29 is 13.2 Å². The second-order valence-electron chi connectivity index (χ2n) is 5.98. The molecule has 1 saturated carbocycles. The number of alkyl halides is 3. The lowest BCUT2D eigenvalue weighted by molar-refractivity contribution is -0.137. The Morgan fingerprint density at radius 1 is 1.40 bits per heavy atom. The SMILES string of the molecule is CC(C)C1CCC(CN)C(c2cnc(C(F)(F)F)s2)C1. The molecule has 1 fully saturated rings. The number of hydrogen-bond donors (Lipinski definition) is 1. The fourth-order valence-corrected chi connectivity index (χ4v) is 4.08. The first kappa shape index (κ1) is 15.8. The van der Waals surface area contributed by atoms with E-state index in [4.69, 9.17) is 5.73 Å². The molecule has 1 heterocycles. The Bertz CT molecular complexity index is 442. The molecule has 114 valence electrons. The molecule has 1 aliphatic carbocycles. The molecule has 20 heavy (non-hydrogen) atoms. The van der Waals surface area contributed by atoms with Crippen LogP contribution < -0.4 is 5.73 Å². The van der Waals surface area contributed by atoms with Crippen LogP contribution >= 0.6 is 11.3 Å². The van der Waals surface area contributed by atoms with E-state index in [-0.39, 0.29) is 11.8 Å². The van der Waals surface area contributed by atoms with Crippen LogP contribution in [0.2, 0.25) is 0 Å². The quantitative estimate of drug-likeness (QED) is 0.905. The molecule has 0 amide bonds. The van der Waals surface area contributed by atoms with Gasteiger partial charge in [0.15, 0.2) is 5.01 Å². The minimum atomic E-state index is -4.34. The van der Waals surface area contributed by atoms with Crippen LogP contribution in [0.25, 0.3) is 0 Å². The maximum absolute atomic E-state index is 12.7. The van der Waals surface area contributed by atoms with Crippen LogP contribution in [0.5, 0.6) is 0 Å². The summed E-state index contributed by atoms with van der Waals surface area (Å²) in [7, 11) is 0. The third-order valence-electron chi connectivity index (χ3n) is 4.41. The summed E-state index contributed by atoms with van der Waals surface area (Å²) >= 11 is 0.788. The van der Waals surface area contributed by atoms with Gasteiger partial charge in [-0.25, -0.2) is 4.98 Å². The number of nitrogens with zero attached hydrogens (tertiary/aromatic N) is 1. The molecule has 3 unspecified atom stereocenters. The van der Waals surface area contributed by atoms with Crippen LogP contribution in [-0.2, 0) is 6.18 Å². The molecule has 0 bridgehead atoms. The highest BCUT2D eigenvalue weighted by molar-refractivity contribution is 7.11. The zero-order valence-electron chi connectivity index (χ0n) is 11.8. The Balaban J connectivity index is 2.20. The van der Waals surface area contributed by atoms with E-state index in [1.807, 2.05) is 0 Å². The summed E-state index contributed by atoms with van der Waals surface area (Å²) in [6.07, 6.45) is 0.125. The Morgan fingerprint density at radius 3 is 2.60 bits per heavy atom. The predicted octanol–water partition coefficient (Wildman–Crippen LogP) is 4.28. The van der Waals surface area contributed by atoms with Gasteiger partial charge in [-0.15, -0.1) is 11.3 Å². The Labute approximate surface area is 121 Å². The molecule has 3 atom stereocenters. The van der Waals surface area contributed by atoms with Crippen molar-refractivity contribution in [1.29, 1.82) is 0 Å². The van der Waals surface area contributed by atoms with E-state index in [0.29, 0.717) is 18.4 Å². The molecule has 6 heteroatoms. The molecule has 0 aromatic carbocycles. The van der Waals surface area contributed by atoms with Crippen molar-refractivity contribution in [3.63, 3.8) is 0 Å². The van der Waals surface area contributed by atoms with Crippen LogP contribution in [0.1, 0.15) is 48.9 Å². The smallest absolute Gasteiger partial charge is 0.330 e. The zero-order chi connectivity index (χ0) is 14.9. The van der Waals surface area contributed by atoms with Crippen molar-refractivity contribution in [1.82, 2.24) is 4.98 Å². The second-order valence-corrected chi connectivity index (χ2v) is 7.05. The van der Waals surface area contributed by atoms with Crippen molar-refractivity contribution in [2.24, 2.45) is 23.5 Å². The minimum absolute atomic E-state index is 0.134. The third-order valence-corrected chi connectivity index (χ3v) is 5.59. The summed E-state index contributed by atoms with van der Waals surface area (Å²) in [5.41, 5.74) is 5.81. The van der Waals surface area contributed by atoms with Gasteiger partial charge in [-0.2, -0.15) is 13.2 Å². The van der Waals surface area contributed by atoms with E-state index in [9.17, 15) is 13.2 Å². The minimum Gasteiger partial charge on any atom is -0.330 e. The van der Waals surface area contributed by atoms with Crippen LogP contribution in [0.4, 0.5) is 13.2 Å². The topological polar surface area (TPSA) is 38.9 Å². The van der Waals surface area contributed by atoms with E-state index in [1.54, 1.807) is 0 Å². The molecule has 1 aromatic rings. The molecule has 0 radical (unpaired) electrons. The van der Waals surface area contributed by atoms with Gasteiger partial charge in [0.2, 0.25) is 0 Å². The molecule has 2 nitrogen and oxygen atoms in total. The highest BCUT2D eigenvalue weighted by Gasteiger charge is 2.38. The molecular weight excluding hydrogens is 285 g/mol. The number of rotatable bonds is 3. The lowest BCUT2D eigenvalue weighted by Gasteiger charge is -2.36. The lowest BCUT2D eigenvalue weighted by atomic mass is 9.70. The normalized spacial score (nSPS) is 28.1. The summed E-state index contributed by atoms with van der Waals surface area (Å²) in [4.78, 5) is 4.30. The van der Waals surface area contributed by atoms with Gasteiger partial charge in [0, 0.05) is 11.1 Å². The van der Waals surface area contributed by atoms with Crippen LogP contribution in [0.15, 0.2) is 6.20 Å². The molecule has 1 aliphatic rings. The van der Waals surface area contributed by atoms with Gasteiger partial charge in [0.1, 0.15) is 0 Å². The van der Waals surface area contributed by atoms with E-state index in [1.165, 1.54) is 6.20 Å². The highest BCUT2D eigenvalue weighted by atomic mass is 32.1.